The summed E-state index contributed by atoms with van der Waals surface area (Å²) in [5.41, 5.74) is 2.56. The van der Waals surface area contributed by atoms with Crippen LogP contribution in [-0.2, 0) is 4.79 Å². The van der Waals surface area contributed by atoms with Gasteiger partial charge in [-0.1, -0.05) is 16.8 Å². The number of nitrogens with zero attached hydrogens (tertiary/aromatic N) is 2. The number of benzene rings is 1. The van der Waals surface area contributed by atoms with Gasteiger partial charge in [-0.25, -0.2) is 0 Å². The first-order valence-corrected chi connectivity index (χ1v) is 8.23. The first-order chi connectivity index (χ1) is 11.5. The van der Waals surface area contributed by atoms with E-state index in [-0.39, 0.29) is 18.5 Å². The molecule has 0 saturated heterocycles. The molecule has 1 N–H and O–H groups in total. The van der Waals surface area contributed by atoms with Crippen LogP contribution in [-0.4, -0.2) is 30.8 Å². The minimum Gasteiger partial charge on any atom is -0.490 e. The number of anilines is 1. The Morgan fingerprint density at radius 3 is 2.96 bits per heavy atom. The lowest BCUT2D eigenvalue weighted by molar-refractivity contribution is -0.120. The number of hydrogen-bond acceptors (Lipinski definition) is 5. The van der Waals surface area contributed by atoms with Crippen molar-refractivity contribution < 1.29 is 14.1 Å². The van der Waals surface area contributed by atoms with E-state index >= 15 is 0 Å². The van der Waals surface area contributed by atoms with Crippen LogP contribution in [0.3, 0.4) is 0 Å². The van der Waals surface area contributed by atoms with Crippen molar-refractivity contribution in [2.24, 2.45) is 0 Å². The number of halogens is 1. The van der Waals surface area contributed by atoms with Crippen LogP contribution in [0.1, 0.15) is 30.0 Å². The van der Waals surface area contributed by atoms with Gasteiger partial charge in [0.05, 0.1) is 30.5 Å². The molecular weight excluding hydrogens is 330 g/mol. The Balaban J connectivity index is 1.69. The molecule has 1 aromatic carbocycles. The SMILES string of the molecule is Cc1noc(C)c1C(C)NC(=O)CN1CCOc2ccc(Cl)cc21. The van der Waals surface area contributed by atoms with Crippen molar-refractivity contribution in [1.29, 1.82) is 0 Å². The molecule has 128 valence electrons. The first kappa shape index (κ1) is 16.6. The van der Waals surface area contributed by atoms with E-state index in [9.17, 15) is 4.79 Å². The van der Waals surface area contributed by atoms with Crippen molar-refractivity contribution in [2.45, 2.75) is 26.8 Å². The third-order valence-electron chi connectivity index (χ3n) is 4.11. The molecule has 0 aliphatic carbocycles. The molecule has 6 nitrogen and oxygen atoms in total. The van der Waals surface area contributed by atoms with Gasteiger partial charge in [0, 0.05) is 10.6 Å². The van der Waals surface area contributed by atoms with Crippen LogP contribution < -0.4 is 15.0 Å². The van der Waals surface area contributed by atoms with E-state index in [4.69, 9.17) is 20.9 Å². The molecule has 1 atom stereocenters. The maximum atomic E-state index is 12.5. The smallest absolute Gasteiger partial charge is 0.239 e. The summed E-state index contributed by atoms with van der Waals surface area (Å²) in [6.45, 7) is 7.06. The predicted octanol–water partition coefficient (Wildman–Crippen LogP) is 3.02. The zero-order chi connectivity index (χ0) is 17.3. The molecule has 1 unspecified atom stereocenters. The summed E-state index contributed by atoms with van der Waals surface area (Å²) in [7, 11) is 0. The second kappa shape index (κ2) is 6.73. The van der Waals surface area contributed by atoms with Crippen LogP contribution >= 0.6 is 11.6 Å². The zero-order valence-corrected chi connectivity index (χ0v) is 14.7. The molecule has 0 fully saturated rings. The fourth-order valence-electron chi connectivity index (χ4n) is 3.05. The highest BCUT2D eigenvalue weighted by Crippen LogP contribution is 2.33. The quantitative estimate of drug-likeness (QED) is 0.919. The van der Waals surface area contributed by atoms with Crippen LogP contribution in [0.2, 0.25) is 5.02 Å². The molecule has 0 spiro atoms. The van der Waals surface area contributed by atoms with Gasteiger partial charge in [-0.2, -0.15) is 0 Å². The van der Waals surface area contributed by atoms with E-state index in [1.165, 1.54) is 0 Å². The normalized spacial score (nSPS) is 14.8. The Morgan fingerprint density at radius 1 is 1.46 bits per heavy atom. The van der Waals surface area contributed by atoms with Gasteiger partial charge in [-0.3, -0.25) is 4.79 Å². The van der Waals surface area contributed by atoms with Gasteiger partial charge in [0.1, 0.15) is 18.1 Å². The van der Waals surface area contributed by atoms with E-state index < -0.39 is 0 Å². The van der Waals surface area contributed by atoms with Crippen molar-refractivity contribution in [3.05, 3.63) is 40.2 Å². The fourth-order valence-corrected chi connectivity index (χ4v) is 3.22. The number of aromatic nitrogens is 1. The van der Waals surface area contributed by atoms with Gasteiger partial charge in [-0.15, -0.1) is 0 Å². The summed E-state index contributed by atoms with van der Waals surface area (Å²) < 4.78 is 10.8. The molecule has 2 aromatic rings. The summed E-state index contributed by atoms with van der Waals surface area (Å²) >= 11 is 6.07. The minimum absolute atomic E-state index is 0.0738. The molecule has 2 heterocycles. The van der Waals surface area contributed by atoms with Crippen molar-refractivity contribution in [3.8, 4) is 5.75 Å². The van der Waals surface area contributed by atoms with Crippen LogP contribution in [0.5, 0.6) is 5.75 Å². The number of ether oxygens (including phenoxy) is 1. The predicted molar refractivity (Wildman–Crippen MR) is 91.7 cm³/mol. The third-order valence-corrected chi connectivity index (χ3v) is 4.35. The summed E-state index contributed by atoms with van der Waals surface area (Å²) in [6.07, 6.45) is 0. The Kier molecular flexibility index (Phi) is 4.66. The maximum absolute atomic E-state index is 12.5. The Bertz CT molecular complexity index is 740. The molecule has 0 bridgehead atoms. The lowest BCUT2D eigenvalue weighted by atomic mass is 10.1. The van der Waals surface area contributed by atoms with Crippen molar-refractivity contribution in [3.63, 3.8) is 0 Å². The highest BCUT2D eigenvalue weighted by molar-refractivity contribution is 6.31. The summed E-state index contributed by atoms with van der Waals surface area (Å²) in [4.78, 5) is 14.4. The molecule has 1 amide bonds. The van der Waals surface area contributed by atoms with Gasteiger partial charge in [0.25, 0.3) is 0 Å². The number of rotatable bonds is 4. The summed E-state index contributed by atoms with van der Waals surface area (Å²) in [5, 5.41) is 7.55. The van der Waals surface area contributed by atoms with E-state index in [1.807, 2.05) is 37.8 Å². The molecule has 1 aliphatic rings. The molecule has 24 heavy (non-hydrogen) atoms. The highest BCUT2D eigenvalue weighted by Gasteiger charge is 2.23. The van der Waals surface area contributed by atoms with Gasteiger partial charge in [0.15, 0.2) is 0 Å². The zero-order valence-electron chi connectivity index (χ0n) is 13.9. The molecule has 7 heteroatoms. The Morgan fingerprint density at radius 2 is 2.25 bits per heavy atom. The minimum atomic E-state index is -0.163. The number of amides is 1. The first-order valence-electron chi connectivity index (χ1n) is 7.85. The summed E-state index contributed by atoms with van der Waals surface area (Å²) in [6, 6.07) is 5.27. The van der Waals surface area contributed by atoms with Crippen molar-refractivity contribution in [2.75, 3.05) is 24.6 Å². The lowest BCUT2D eigenvalue weighted by Gasteiger charge is -2.31. The number of nitrogens with one attached hydrogen (secondary N) is 1. The number of hydrogen-bond donors (Lipinski definition) is 1. The molecule has 1 aliphatic heterocycles. The van der Waals surface area contributed by atoms with E-state index in [2.05, 4.69) is 10.5 Å². The molecular formula is C17H20ClN3O3. The molecule has 3 rings (SSSR count). The second-order valence-corrected chi connectivity index (χ2v) is 6.35. The topological polar surface area (TPSA) is 67.6 Å². The number of carbonyl (C=O) groups is 1. The lowest BCUT2D eigenvalue weighted by Crippen LogP contribution is -2.42. The fraction of sp³-hybridized carbons (Fsp3) is 0.412. The van der Waals surface area contributed by atoms with E-state index in [0.717, 1.165) is 28.5 Å². The Labute approximate surface area is 145 Å². The van der Waals surface area contributed by atoms with Crippen LogP contribution in [0.15, 0.2) is 22.7 Å². The maximum Gasteiger partial charge on any atom is 0.239 e. The molecule has 1 aromatic heterocycles. The van der Waals surface area contributed by atoms with Crippen molar-refractivity contribution >= 4 is 23.2 Å². The molecule has 0 saturated carbocycles. The third kappa shape index (κ3) is 3.33. The highest BCUT2D eigenvalue weighted by atomic mass is 35.5. The van der Waals surface area contributed by atoms with E-state index in [0.29, 0.717) is 18.2 Å². The number of carbonyl (C=O) groups excluding carboxylic acids is 1. The standard InChI is InChI=1S/C17H20ClN3O3/c1-10(17-11(2)20-24-12(17)3)19-16(22)9-21-6-7-23-15-5-4-13(18)8-14(15)21/h4-5,8,10H,6-7,9H2,1-3H3,(H,19,22). The summed E-state index contributed by atoms with van der Waals surface area (Å²) in [5.74, 6) is 1.40. The van der Waals surface area contributed by atoms with Gasteiger partial charge >= 0.3 is 0 Å². The van der Waals surface area contributed by atoms with Crippen LogP contribution in [0.25, 0.3) is 0 Å². The van der Waals surface area contributed by atoms with Gasteiger partial charge in [0.2, 0.25) is 5.91 Å². The van der Waals surface area contributed by atoms with Gasteiger partial charge < -0.3 is 19.5 Å². The second-order valence-electron chi connectivity index (χ2n) is 5.91. The average molecular weight is 350 g/mol. The molecule has 0 radical (unpaired) electrons. The van der Waals surface area contributed by atoms with Gasteiger partial charge in [-0.05, 0) is 39.0 Å². The Hall–Kier alpha value is -2.21. The number of aryl methyl sites for hydroxylation is 2. The monoisotopic (exact) mass is 349 g/mol. The van der Waals surface area contributed by atoms with Crippen molar-refractivity contribution in [1.82, 2.24) is 10.5 Å². The van der Waals surface area contributed by atoms with Crippen LogP contribution in [0.4, 0.5) is 5.69 Å². The largest absolute Gasteiger partial charge is 0.490 e. The van der Waals surface area contributed by atoms with E-state index in [1.54, 1.807) is 6.07 Å². The number of fused-ring (bicyclic) bond motifs is 1. The van der Waals surface area contributed by atoms with Crippen LogP contribution in [0, 0.1) is 13.8 Å². The average Bonchev–Trinajstić information content (AvgIpc) is 2.86.